The molecule has 0 heterocycles. The third kappa shape index (κ3) is 5.31. The third-order valence-electron chi connectivity index (χ3n) is 4.68. The SMILES string of the molecule is Cc1cccc(C)c1NC(=O)[C@H](Cc1ccccc1)NS(=O)(=O)c1ccccc1. The summed E-state index contributed by atoms with van der Waals surface area (Å²) in [5, 5.41) is 2.91. The fraction of sp³-hybridized carbons (Fsp3) is 0.174. The Hall–Kier alpha value is -2.96. The van der Waals surface area contributed by atoms with Crippen LogP contribution in [0.1, 0.15) is 16.7 Å². The molecule has 1 amide bonds. The van der Waals surface area contributed by atoms with Crippen molar-refractivity contribution in [1.82, 2.24) is 4.72 Å². The van der Waals surface area contributed by atoms with Crippen LogP contribution in [0.2, 0.25) is 0 Å². The van der Waals surface area contributed by atoms with Crippen LogP contribution in [0.4, 0.5) is 5.69 Å². The van der Waals surface area contributed by atoms with Gasteiger partial charge in [0.2, 0.25) is 15.9 Å². The van der Waals surface area contributed by atoms with Crippen molar-refractivity contribution in [3.63, 3.8) is 0 Å². The topological polar surface area (TPSA) is 75.3 Å². The number of nitrogens with one attached hydrogen (secondary N) is 2. The Kier molecular flexibility index (Phi) is 6.46. The molecule has 0 spiro atoms. The highest BCUT2D eigenvalue weighted by Crippen LogP contribution is 2.20. The summed E-state index contributed by atoms with van der Waals surface area (Å²) in [6, 6.07) is 22.2. The summed E-state index contributed by atoms with van der Waals surface area (Å²) >= 11 is 0. The lowest BCUT2D eigenvalue weighted by Crippen LogP contribution is -2.45. The zero-order valence-electron chi connectivity index (χ0n) is 16.4. The number of rotatable bonds is 7. The molecule has 0 radical (unpaired) electrons. The summed E-state index contributed by atoms with van der Waals surface area (Å²) in [4.78, 5) is 13.2. The number of sulfonamides is 1. The van der Waals surface area contributed by atoms with Gasteiger partial charge in [-0.1, -0.05) is 66.7 Å². The van der Waals surface area contributed by atoms with Crippen molar-refractivity contribution in [2.24, 2.45) is 0 Å². The van der Waals surface area contributed by atoms with Gasteiger partial charge in [-0.2, -0.15) is 4.72 Å². The number of carbonyl (C=O) groups is 1. The first-order chi connectivity index (χ1) is 13.9. The smallest absolute Gasteiger partial charge is 0.242 e. The van der Waals surface area contributed by atoms with E-state index in [-0.39, 0.29) is 11.3 Å². The van der Waals surface area contributed by atoms with Crippen molar-refractivity contribution in [2.75, 3.05) is 5.32 Å². The first-order valence-corrected chi connectivity index (χ1v) is 10.8. The van der Waals surface area contributed by atoms with Crippen molar-refractivity contribution in [3.8, 4) is 0 Å². The van der Waals surface area contributed by atoms with Crippen LogP contribution in [0, 0.1) is 13.8 Å². The maximum Gasteiger partial charge on any atom is 0.242 e. The molecule has 0 aliphatic heterocycles. The number of amides is 1. The van der Waals surface area contributed by atoms with Gasteiger partial charge in [-0.15, -0.1) is 0 Å². The number of carbonyl (C=O) groups excluding carboxylic acids is 1. The van der Waals surface area contributed by atoms with E-state index in [0.717, 1.165) is 16.7 Å². The Bertz CT molecular complexity index is 1060. The molecule has 3 aromatic rings. The van der Waals surface area contributed by atoms with Crippen molar-refractivity contribution in [2.45, 2.75) is 31.2 Å². The lowest BCUT2D eigenvalue weighted by molar-refractivity contribution is -0.117. The quantitative estimate of drug-likeness (QED) is 0.624. The Morgan fingerprint density at radius 2 is 1.38 bits per heavy atom. The highest BCUT2D eigenvalue weighted by molar-refractivity contribution is 7.89. The Morgan fingerprint density at radius 1 is 0.828 bits per heavy atom. The summed E-state index contributed by atoms with van der Waals surface area (Å²) in [5.74, 6) is -0.397. The minimum Gasteiger partial charge on any atom is -0.324 e. The average Bonchev–Trinajstić information content (AvgIpc) is 2.71. The molecule has 0 aromatic heterocycles. The number of benzene rings is 3. The lowest BCUT2D eigenvalue weighted by Gasteiger charge is -2.20. The predicted molar refractivity (Wildman–Crippen MR) is 115 cm³/mol. The monoisotopic (exact) mass is 408 g/mol. The molecule has 1 atom stereocenters. The Balaban J connectivity index is 1.89. The van der Waals surface area contributed by atoms with Gasteiger partial charge < -0.3 is 5.32 Å². The maximum absolute atomic E-state index is 13.1. The fourth-order valence-electron chi connectivity index (χ4n) is 3.11. The predicted octanol–water partition coefficient (Wildman–Crippen LogP) is 3.83. The molecular formula is C23H24N2O3S. The van der Waals surface area contributed by atoms with E-state index in [9.17, 15) is 13.2 Å². The van der Waals surface area contributed by atoms with Gasteiger partial charge in [-0.05, 0) is 49.1 Å². The molecule has 3 rings (SSSR count). The van der Waals surface area contributed by atoms with Gasteiger partial charge in [0.25, 0.3) is 0 Å². The Morgan fingerprint density at radius 3 is 1.97 bits per heavy atom. The summed E-state index contributed by atoms with van der Waals surface area (Å²) in [6.07, 6.45) is 0.240. The molecule has 6 heteroatoms. The molecule has 0 saturated heterocycles. The number of para-hydroxylation sites is 1. The highest BCUT2D eigenvalue weighted by Gasteiger charge is 2.26. The van der Waals surface area contributed by atoms with E-state index in [1.807, 2.05) is 62.4 Å². The molecule has 0 bridgehead atoms. The van der Waals surface area contributed by atoms with Crippen molar-refractivity contribution in [3.05, 3.63) is 95.6 Å². The molecule has 2 N–H and O–H groups in total. The molecule has 0 saturated carbocycles. The van der Waals surface area contributed by atoms with E-state index < -0.39 is 22.0 Å². The van der Waals surface area contributed by atoms with Gasteiger partial charge >= 0.3 is 0 Å². The first kappa shape index (κ1) is 20.8. The van der Waals surface area contributed by atoms with Crippen molar-refractivity contribution < 1.29 is 13.2 Å². The second-order valence-corrected chi connectivity index (χ2v) is 8.65. The second kappa shape index (κ2) is 9.03. The van der Waals surface area contributed by atoms with Crippen LogP contribution in [-0.4, -0.2) is 20.4 Å². The highest BCUT2D eigenvalue weighted by atomic mass is 32.2. The standard InChI is InChI=1S/C23H24N2O3S/c1-17-10-9-11-18(2)22(17)24-23(26)21(16-19-12-5-3-6-13-19)25-29(27,28)20-14-7-4-8-15-20/h3-15,21,25H,16H2,1-2H3,(H,24,26)/t21-/m0/s1. The van der Waals surface area contributed by atoms with E-state index in [1.54, 1.807) is 18.2 Å². The zero-order chi connectivity index (χ0) is 20.9. The van der Waals surface area contributed by atoms with Crippen LogP contribution in [0.15, 0.2) is 83.8 Å². The lowest BCUT2D eigenvalue weighted by atomic mass is 10.0. The van der Waals surface area contributed by atoms with Crippen molar-refractivity contribution in [1.29, 1.82) is 0 Å². The Labute approximate surface area is 171 Å². The minimum absolute atomic E-state index is 0.123. The third-order valence-corrected chi connectivity index (χ3v) is 6.17. The number of hydrogen-bond acceptors (Lipinski definition) is 3. The minimum atomic E-state index is -3.85. The molecule has 29 heavy (non-hydrogen) atoms. The van der Waals surface area contributed by atoms with E-state index in [1.165, 1.54) is 12.1 Å². The van der Waals surface area contributed by atoms with Crippen LogP contribution in [-0.2, 0) is 21.2 Å². The zero-order valence-corrected chi connectivity index (χ0v) is 17.2. The molecule has 0 aliphatic rings. The molecule has 0 aliphatic carbocycles. The molecule has 0 unspecified atom stereocenters. The van der Waals surface area contributed by atoms with Crippen LogP contribution < -0.4 is 10.0 Å². The molecule has 150 valence electrons. The van der Waals surface area contributed by atoms with Gasteiger partial charge in [-0.25, -0.2) is 8.42 Å². The van der Waals surface area contributed by atoms with E-state index in [0.29, 0.717) is 5.69 Å². The number of hydrogen-bond donors (Lipinski definition) is 2. The molecule has 0 fully saturated rings. The van der Waals surface area contributed by atoms with Gasteiger partial charge in [0.05, 0.1) is 4.90 Å². The van der Waals surface area contributed by atoms with Crippen LogP contribution in [0.25, 0.3) is 0 Å². The van der Waals surface area contributed by atoms with Gasteiger partial charge in [0.15, 0.2) is 0 Å². The summed E-state index contributed by atoms with van der Waals surface area (Å²) in [5.41, 5.74) is 3.41. The number of aryl methyl sites for hydroxylation is 2. The molecular weight excluding hydrogens is 384 g/mol. The van der Waals surface area contributed by atoms with Crippen LogP contribution in [0.5, 0.6) is 0 Å². The van der Waals surface area contributed by atoms with Crippen LogP contribution in [0.3, 0.4) is 0 Å². The van der Waals surface area contributed by atoms with Gasteiger partial charge in [-0.3, -0.25) is 4.79 Å². The van der Waals surface area contributed by atoms with E-state index in [2.05, 4.69) is 10.0 Å². The number of anilines is 1. The summed E-state index contributed by atoms with van der Waals surface area (Å²) in [7, 11) is -3.85. The largest absolute Gasteiger partial charge is 0.324 e. The van der Waals surface area contributed by atoms with Crippen molar-refractivity contribution >= 4 is 21.6 Å². The van der Waals surface area contributed by atoms with Crippen LogP contribution >= 0.6 is 0 Å². The maximum atomic E-state index is 13.1. The van der Waals surface area contributed by atoms with E-state index >= 15 is 0 Å². The molecule has 3 aromatic carbocycles. The molecule has 5 nitrogen and oxygen atoms in total. The van der Waals surface area contributed by atoms with E-state index in [4.69, 9.17) is 0 Å². The average molecular weight is 409 g/mol. The fourth-order valence-corrected chi connectivity index (χ4v) is 4.33. The second-order valence-electron chi connectivity index (χ2n) is 6.93. The normalized spacial score (nSPS) is 12.3. The first-order valence-electron chi connectivity index (χ1n) is 9.35. The summed E-state index contributed by atoms with van der Waals surface area (Å²) in [6.45, 7) is 3.81. The van der Waals surface area contributed by atoms with Gasteiger partial charge in [0.1, 0.15) is 6.04 Å². The summed E-state index contributed by atoms with van der Waals surface area (Å²) < 4.78 is 28.2. The van der Waals surface area contributed by atoms with Gasteiger partial charge in [0, 0.05) is 5.69 Å².